The summed E-state index contributed by atoms with van der Waals surface area (Å²) in [6.07, 6.45) is -10.2. The molecule has 0 aromatic heterocycles. The van der Waals surface area contributed by atoms with Crippen LogP contribution in [0.15, 0.2) is 0 Å². The van der Waals surface area contributed by atoms with Gasteiger partial charge >= 0.3 is 65.3 Å². The van der Waals surface area contributed by atoms with Crippen molar-refractivity contribution in [2.75, 3.05) is 6.61 Å². The van der Waals surface area contributed by atoms with E-state index in [1.807, 2.05) is 0 Å². The fourth-order valence-electron chi connectivity index (χ4n) is 1.21. The van der Waals surface area contributed by atoms with Crippen LogP contribution in [0.4, 0.5) is 57.1 Å². The molecule has 154 valence electrons. The van der Waals surface area contributed by atoms with Crippen molar-refractivity contribution in [3.63, 3.8) is 0 Å². The van der Waals surface area contributed by atoms with Gasteiger partial charge in [0, 0.05) is 6.42 Å². The molecule has 0 aromatic carbocycles. The van der Waals surface area contributed by atoms with E-state index in [1.54, 1.807) is 0 Å². The van der Waals surface area contributed by atoms with E-state index in [0.717, 1.165) is 0 Å². The summed E-state index contributed by atoms with van der Waals surface area (Å²) in [6, 6.07) is 0. The summed E-state index contributed by atoms with van der Waals surface area (Å²) < 4.78 is 187. The van der Waals surface area contributed by atoms with Crippen LogP contribution in [0.2, 0.25) is 0 Å². The minimum atomic E-state index is -7.98. The van der Waals surface area contributed by atoms with E-state index in [0.29, 0.717) is 0 Å². The van der Waals surface area contributed by atoms with Crippen LogP contribution >= 0.6 is 0 Å². The van der Waals surface area contributed by atoms with Crippen molar-refractivity contribution in [2.24, 2.45) is 0 Å². The molecule has 0 N–H and O–H groups in total. The maximum absolute atomic E-state index is 13.0. The van der Waals surface area contributed by atoms with Crippen molar-refractivity contribution >= 4 is 40.5 Å². The molecule has 0 bridgehead atoms. The first-order chi connectivity index (χ1) is 10.7. The fraction of sp³-hybridized carbons (Fsp3) is 1.00. The maximum atomic E-state index is 13.0. The SMILES string of the molecule is O=[SH](=O)OCCC(F)(F)C(F)(F)C(F)(F)C(F)(F)C(F)(F)C(F)(F)F.[NaH]. The summed E-state index contributed by atoms with van der Waals surface area (Å²) in [5, 5.41) is 0. The minimum absolute atomic E-state index is 0. The van der Waals surface area contributed by atoms with Crippen molar-refractivity contribution in [3.8, 4) is 0 Å². The summed E-state index contributed by atoms with van der Waals surface area (Å²) in [6.45, 7) is -1.97. The number of hydrogen-bond acceptors (Lipinski definition) is 3. The van der Waals surface area contributed by atoms with Gasteiger partial charge in [-0.3, -0.25) is 4.18 Å². The third-order valence-corrected chi connectivity index (χ3v) is 3.00. The normalized spacial score (nSPS) is 15.2. The third-order valence-electron chi connectivity index (χ3n) is 2.61. The predicted octanol–water partition coefficient (Wildman–Crippen LogP) is 3.01. The first-order valence-corrected chi connectivity index (χ1v) is 6.49. The van der Waals surface area contributed by atoms with E-state index in [-0.39, 0.29) is 29.6 Å². The Morgan fingerprint density at radius 3 is 1.27 bits per heavy atom. The quantitative estimate of drug-likeness (QED) is 0.350. The van der Waals surface area contributed by atoms with Gasteiger partial charge in [0.1, 0.15) is 0 Å². The fourth-order valence-corrected chi connectivity index (χ4v) is 1.45. The number of hydrogen-bond donors (Lipinski definition) is 1. The molecule has 0 aliphatic heterocycles. The van der Waals surface area contributed by atoms with Crippen molar-refractivity contribution in [1.29, 1.82) is 0 Å². The zero-order chi connectivity index (χ0) is 20.7. The molecule has 3 nitrogen and oxygen atoms in total. The van der Waals surface area contributed by atoms with Gasteiger partial charge < -0.3 is 0 Å². The number of thiol groups is 1. The van der Waals surface area contributed by atoms with Gasteiger partial charge in [0.2, 0.25) is 0 Å². The molecule has 0 unspecified atom stereocenters. The molecule has 0 aliphatic carbocycles. The van der Waals surface area contributed by atoms with Crippen molar-refractivity contribution < 1.29 is 69.7 Å². The third kappa shape index (κ3) is 4.70. The molecule has 0 spiro atoms. The Balaban J connectivity index is 0. The van der Waals surface area contributed by atoms with Gasteiger partial charge in [-0.05, 0) is 0 Å². The Hall–Kier alpha value is -0.000000000000000444. The van der Waals surface area contributed by atoms with Gasteiger partial charge in [-0.25, -0.2) is 8.42 Å². The monoisotopic (exact) mass is 452 g/mol. The van der Waals surface area contributed by atoms with E-state index in [2.05, 4.69) is 4.18 Å². The standard InChI is InChI=1S/C8H5F13O3S.Na.H/c9-3(10,1-2-24-25(22)23)4(11,12)5(13,14)6(15,16)7(17,18)8(19,20)21;;/h25H,1-2H2;;. The van der Waals surface area contributed by atoms with Crippen molar-refractivity contribution in [2.45, 2.75) is 42.2 Å². The molecule has 0 heterocycles. The Labute approximate surface area is 159 Å². The summed E-state index contributed by atoms with van der Waals surface area (Å²) in [5.74, 6) is -37.4. The Morgan fingerprint density at radius 1 is 0.615 bits per heavy atom. The van der Waals surface area contributed by atoms with Gasteiger partial charge in [0.05, 0.1) is 6.61 Å². The van der Waals surface area contributed by atoms with Crippen molar-refractivity contribution in [1.82, 2.24) is 0 Å². The van der Waals surface area contributed by atoms with E-state index in [9.17, 15) is 65.5 Å². The zero-order valence-corrected chi connectivity index (χ0v) is 11.9. The first kappa shape index (κ1) is 28.2. The van der Waals surface area contributed by atoms with E-state index < -0.39 is 59.8 Å². The summed E-state index contributed by atoms with van der Waals surface area (Å²) in [5.41, 5.74) is 0. The van der Waals surface area contributed by atoms with Crippen LogP contribution in [0.25, 0.3) is 0 Å². The molecule has 26 heavy (non-hydrogen) atoms. The van der Waals surface area contributed by atoms with E-state index >= 15 is 0 Å². The molecular weight excluding hydrogens is 446 g/mol. The molecule has 0 saturated carbocycles. The van der Waals surface area contributed by atoms with Crippen LogP contribution < -0.4 is 0 Å². The Bertz CT molecular complexity index is 548. The van der Waals surface area contributed by atoms with Gasteiger partial charge in [-0.2, -0.15) is 57.1 Å². The van der Waals surface area contributed by atoms with Crippen LogP contribution in [0.1, 0.15) is 6.42 Å². The second-order valence-corrected chi connectivity index (χ2v) is 5.01. The number of rotatable bonds is 8. The number of halogens is 13. The molecule has 18 heteroatoms. The molecule has 0 aromatic rings. The molecule has 0 atom stereocenters. The number of alkyl halides is 13. The van der Waals surface area contributed by atoms with Gasteiger partial charge in [0.15, 0.2) is 0 Å². The molecular formula is C8H6F13NaO3S. The molecule has 0 radical (unpaired) electrons. The van der Waals surface area contributed by atoms with Gasteiger partial charge in [-0.1, -0.05) is 0 Å². The zero-order valence-electron chi connectivity index (χ0n) is 11.0. The van der Waals surface area contributed by atoms with Crippen LogP contribution in [-0.4, -0.2) is 80.4 Å². The Kier molecular flexibility index (Phi) is 8.86. The van der Waals surface area contributed by atoms with Crippen LogP contribution in [0, 0.1) is 0 Å². The average Bonchev–Trinajstić information content (AvgIpc) is 2.35. The first-order valence-electron chi connectivity index (χ1n) is 5.40. The van der Waals surface area contributed by atoms with Crippen LogP contribution in [0.3, 0.4) is 0 Å². The summed E-state index contributed by atoms with van der Waals surface area (Å²) in [4.78, 5) is 0. The van der Waals surface area contributed by atoms with E-state index in [4.69, 9.17) is 0 Å². The second kappa shape index (κ2) is 8.16. The molecule has 0 aliphatic rings. The van der Waals surface area contributed by atoms with Gasteiger partial charge in [-0.15, -0.1) is 0 Å². The Morgan fingerprint density at radius 2 is 0.962 bits per heavy atom. The average molecular weight is 452 g/mol. The van der Waals surface area contributed by atoms with Crippen LogP contribution in [-0.2, 0) is 15.2 Å². The van der Waals surface area contributed by atoms with Crippen molar-refractivity contribution in [3.05, 3.63) is 0 Å². The van der Waals surface area contributed by atoms with E-state index in [1.165, 1.54) is 0 Å². The topological polar surface area (TPSA) is 43.4 Å². The molecule has 0 fully saturated rings. The van der Waals surface area contributed by atoms with Gasteiger partial charge in [0.25, 0.3) is 11.0 Å². The molecule has 0 rings (SSSR count). The summed E-state index contributed by atoms with van der Waals surface area (Å²) >= 11 is 0. The second-order valence-electron chi connectivity index (χ2n) is 4.31. The molecule has 0 saturated heterocycles. The predicted molar refractivity (Wildman–Crippen MR) is 58.8 cm³/mol. The summed E-state index contributed by atoms with van der Waals surface area (Å²) in [7, 11) is -3.96. The molecule has 0 amide bonds. The van der Waals surface area contributed by atoms with Crippen LogP contribution in [0.5, 0.6) is 0 Å².